The summed E-state index contributed by atoms with van der Waals surface area (Å²) in [5.74, 6) is 0.297. The molecule has 1 N–H and O–H groups in total. The van der Waals surface area contributed by atoms with Gasteiger partial charge in [-0.15, -0.1) is 0 Å². The summed E-state index contributed by atoms with van der Waals surface area (Å²) in [6, 6.07) is 14.5. The average molecular weight is 367 g/mol. The predicted molar refractivity (Wildman–Crippen MR) is 102 cm³/mol. The lowest BCUT2D eigenvalue weighted by molar-refractivity contribution is -0.0580. The van der Waals surface area contributed by atoms with Crippen LogP contribution in [-0.4, -0.2) is 40.4 Å². The fourth-order valence-electron chi connectivity index (χ4n) is 3.54. The van der Waals surface area contributed by atoms with Crippen LogP contribution in [0.5, 0.6) is 0 Å². The number of benzene rings is 2. The first-order valence-electron chi connectivity index (χ1n) is 9.12. The summed E-state index contributed by atoms with van der Waals surface area (Å²) in [5, 5.41) is 11.7. The third-order valence-electron chi connectivity index (χ3n) is 5.00. The Morgan fingerprint density at radius 3 is 2.63 bits per heavy atom. The number of ether oxygens (including phenoxy) is 1. The number of rotatable bonds is 5. The molecule has 0 saturated carbocycles. The van der Waals surface area contributed by atoms with Gasteiger partial charge in [-0.3, -0.25) is 0 Å². The Labute approximate surface area is 157 Å². The van der Waals surface area contributed by atoms with Crippen molar-refractivity contribution >= 4 is 16.7 Å². The number of aromatic nitrogens is 2. The molecule has 140 valence electrons. The number of anilines is 1. The van der Waals surface area contributed by atoms with Gasteiger partial charge in [-0.05, 0) is 23.8 Å². The molecule has 4 rings (SSSR count). The SMILES string of the molecule is OC1(CN(Cc2ccccc2)c2ncnc3ccc(F)cc23)CCOCC1. The summed E-state index contributed by atoms with van der Waals surface area (Å²) in [6.07, 6.45) is 2.62. The summed E-state index contributed by atoms with van der Waals surface area (Å²) < 4.78 is 19.3. The highest BCUT2D eigenvalue weighted by molar-refractivity contribution is 5.89. The summed E-state index contributed by atoms with van der Waals surface area (Å²) in [7, 11) is 0. The first-order chi connectivity index (χ1) is 13.1. The first kappa shape index (κ1) is 17.8. The normalized spacial score (nSPS) is 16.4. The zero-order valence-electron chi connectivity index (χ0n) is 15.0. The monoisotopic (exact) mass is 367 g/mol. The van der Waals surface area contributed by atoms with Crippen LogP contribution in [0.15, 0.2) is 54.9 Å². The Balaban J connectivity index is 1.74. The molecule has 3 aromatic rings. The van der Waals surface area contributed by atoms with Crippen LogP contribution in [0.2, 0.25) is 0 Å². The quantitative estimate of drug-likeness (QED) is 0.750. The molecule has 1 aliphatic rings. The van der Waals surface area contributed by atoms with Crippen LogP contribution >= 0.6 is 0 Å². The molecule has 1 saturated heterocycles. The molecule has 0 atom stereocenters. The molecule has 0 spiro atoms. The highest BCUT2D eigenvalue weighted by Gasteiger charge is 2.33. The molecule has 1 aromatic heterocycles. The van der Waals surface area contributed by atoms with Gasteiger partial charge < -0.3 is 14.7 Å². The number of hydrogen-bond acceptors (Lipinski definition) is 5. The number of fused-ring (bicyclic) bond motifs is 1. The summed E-state index contributed by atoms with van der Waals surface area (Å²) in [6.45, 7) is 2.03. The van der Waals surface area contributed by atoms with E-state index in [0.717, 1.165) is 5.56 Å². The van der Waals surface area contributed by atoms with Gasteiger partial charge in [0, 0.05) is 44.5 Å². The highest BCUT2D eigenvalue weighted by Crippen LogP contribution is 2.29. The van der Waals surface area contributed by atoms with Crippen LogP contribution in [0.3, 0.4) is 0 Å². The first-order valence-corrected chi connectivity index (χ1v) is 9.12. The zero-order valence-corrected chi connectivity index (χ0v) is 15.0. The van der Waals surface area contributed by atoms with Gasteiger partial charge in [0.25, 0.3) is 0 Å². The van der Waals surface area contributed by atoms with Gasteiger partial charge >= 0.3 is 0 Å². The van der Waals surface area contributed by atoms with Crippen molar-refractivity contribution in [2.45, 2.75) is 25.0 Å². The molecule has 0 radical (unpaired) electrons. The maximum atomic E-state index is 13.9. The molecule has 0 bridgehead atoms. The van der Waals surface area contributed by atoms with E-state index in [-0.39, 0.29) is 5.82 Å². The molecule has 6 heteroatoms. The van der Waals surface area contributed by atoms with Crippen LogP contribution in [0.4, 0.5) is 10.2 Å². The van der Waals surface area contributed by atoms with E-state index in [0.29, 0.717) is 55.9 Å². The molecule has 5 nitrogen and oxygen atoms in total. The minimum absolute atomic E-state index is 0.331. The molecule has 2 heterocycles. The van der Waals surface area contributed by atoms with E-state index in [1.807, 2.05) is 35.2 Å². The van der Waals surface area contributed by atoms with Crippen molar-refractivity contribution in [3.63, 3.8) is 0 Å². The predicted octanol–water partition coefficient (Wildman–Crippen LogP) is 3.32. The van der Waals surface area contributed by atoms with Crippen molar-refractivity contribution in [3.8, 4) is 0 Å². The van der Waals surface area contributed by atoms with Gasteiger partial charge in [0.15, 0.2) is 0 Å². The topological polar surface area (TPSA) is 58.5 Å². The summed E-state index contributed by atoms with van der Waals surface area (Å²) >= 11 is 0. The fourth-order valence-corrected chi connectivity index (χ4v) is 3.54. The van der Waals surface area contributed by atoms with Crippen molar-refractivity contribution in [1.82, 2.24) is 9.97 Å². The lowest BCUT2D eigenvalue weighted by atomic mass is 9.93. The van der Waals surface area contributed by atoms with E-state index in [1.54, 1.807) is 6.07 Å². The van der Waals surface area contributed by atoms with E-state index in [1.165, 1.54) is 18.5 Å². The molecule has 0 unspecified atom stereocenters. The van der Waals surface area contributed by atoms with Crippen LogP contribution < -0.4 is 4.90 Å². The Morgan fingerprint density at radius 1 is 1.07 bits per heavy atom. The lowest BCUT2D eigenvalue weighted by Gasteiger charge is -2.37. The average Bonchev–Trinajstić information content (AvgIpc) is 2.68. The van der Waals surface area contributed by atoms with Crippen molar-refractivity contribution in [1.29, 1.82) is 0 Å². The fraction of sp³-hybridized carbons (Fsp3) is 0.333. The van der Waals surface area contributed by atoms with Crippen LogP contribution in [0, 0.1) is 5.82 Å². The van der Waals surface area contributed by atoms with Gasteiger partial charge in [-0.25, -0.2) is 14.4 Å². The molecule has 1 fully saturated rings. The lowest BCUT2D eigenvalue weighted by Crippen LogP contribution is -2.47. The second-order valence-corrected chi connectivity index (χ2v) is 7.04. The van der Waals surface area contributed by atoms with Crippen molar-refractivity contribution < 1.29 is 14.2 Å². The largest absolute Gasteiger partial charge is 0.388 e. The van der Waals surface area contributed by atoms with E-state index in [4.69, 9.17) is 4.74 Å². The minimum atomic E-state index is -0.863. The number of halogens is 1. The number of nitrogens with zero attached hydrogens (tertiary/aromatic N) is 3. The minimum Gasteiger partial charge on any atom is -0.388 e. The molecule has 0 amide bonds. The van der Waals surface area contributed by atoms with Gasteiger partial charge in [0.2, 0.25) is 0 Å². The Bertz CT molecular complexity index is 914. The van der Waals surface area contributed by atoms with Crippen LogP contribution in [0.1, 0.15) is 18.4 Å². The second kappa shape index (κ2) is 7.58. The number of aliphatic hydroxyl groups is 1. The second-order valence-electron chi connectivity index (χ2n) is 7.04. The maximum Gasteiger partial charge on any atom is 0.140 e. The van der Waals surface area contributed by atoms with E-state index < -0.39 is 5.60 Å². The van der Waals surface area contributed by atoms with Gasteiger partial charge in [0.1, 0.15) is 18.0 Å². The molecule has 0 aliphatic carbocycles. The molecular formula is C21H22FN3O2. The van der Waals surface area contributed by atoms with Crippen LogP contribution in [0.25, 0.3) is 10.9 Å². The van der Waals surface area contributed by atoms with Crippen molar-refractivity contribution in [3.05, 3.63) is 66.2 Å². The Hall–Kier alpha value is -2.57. The third kappa shape index (κ3) is 4.07. The van der Waals surface area contributed by atoms with Gasteiger partial charge in [-0.1, -0.05) is 30.3 Å². The highest BCUT2D eigenvalue weighted by atomic mass is 19.1. The maximum absolute atomic E-state index is 13.9. The van der Waals surface area contributed by atoms with Gasteiger partial charge in [-0.2, -0.15) is 0 Å². The molecule has 1 aliphatic heterocycles. The number of hydrogen-bond donors (Lipinski definition) is 1. The summed E-state index contributed by atoms with van der Waals surface area (Å²) in [5.41, 5.74) is 0.909. The zero-order chi connectivity index (χ0) is 18.7. The summed E-state index contributed by atoms with van der Waals surface area (Å²) in [4.78, 5) is 10.7. The molecular weight excluding hydrogens is 345 g/mol. The smallest absolute Gasteiger partial charge is 0.140 e. The van der Waals surface area contributed by atoms with E-state index in [2.05, 4.69) is 9.97 Å². The van der Waals surface area contributed by atoms with E-state index in [9.17, 15) is 9.50 Å². The third-order valence-corrected chi connectivity index (χ3v) is 5.00. The van der Waals surface area contributed by atoms with Crippen LogP contribution in [-0.2, 0) is 11.3 Å². The Morgan fingerprint density at radius 2 is 1.85 bits per heavy atom. The van der Waals surface area contributed by atoms with E-state index >= 15 is 0 Å². The molecule has 2 aromatic carbocycles. The van der Waals surface area contributed by atoms with Crippen molar-refractivity contribution in [2.75, 3.05) is 24.7 Å². The Kier molecular flexibility index (Phi) is 5.01. The standard InChI is InChI=1S/C21H22FN3O2/c22-17-6-7-19-18(12-17)20(24-15-23-19)25(13-16-4-2-1-3-5-16)14-21(26)8-10-27-11-9-21/h1-7,12,15,26H,8-11,13-14H2. The van der Waals surface area contributed by atoms with Crippen molar-refractivity contribution in [2.24, 2.45) is 0 Å². The molecule has 27 heavy (non-hydrogen) atoms. The van der Waals surface area contributed by atoms with Gasteiger partial charge in [0.05, 0.1) is 11.1 Å².